The molecule has 0 bridgehead atoms. The summed E-state index contributed by atoms with van der Waals surface area (Å²) in [6, 6.07) is 14.7. The molecule has 0 spiro atoms. The summed E-state index contributed by atoms with van der Waals surface area (Å²) in [5.74, 6) is -0.177. The van der Waals surface area contributed by atoms with Gasteiger partial charge in [0, 0.05) is 22.2 Å². The van der Waals surface area contributed by atoms with E-state index in [2.05, 4.69) is 15.6 Å². The number of thiazole rings is 1. The molecule has 0 fully saturated rings. The molecule has 0 aliphatic carbocycles. The molecule has 0 unspecified atom stereocenters. The number of aromatic nitrogens is 1. The molecule has 2 aromatic heterocycles. The lowest BCUT2D eigenvalue weighted by Crippen LogP contribution is -2.10. The van der Waals surface area contributed by atoms with Crippen LogP contribution < -0.4 is 10.6 Å². The first-order chi connectivity index (χ1) is 14.5. The van der Waals surface area contributed by atoms with Gasteiger partial charge in [-0.3, -0.25) is 14.9 Å². The Bertz CT molecular complexity index is 1280. The van der Waals surface area contributed by atoms with Crippen molar-refractivity contribution in [2.75, 3.05) is 10.6 Å². The number of hydrogen-bond acceptors (Lipinski definition) is 5. The molecular formula is C22H14FN3O3S. The predicted molar refractivity (Wildman–Crippen MR) is 112 cm³/mol. The smallest absolute Gasteiger partial charge is 0.293 e. The number of carbonyl (C=O) groups is 2. The molecule has 2 aromatic carbocycles. The summed E-state index contributed by atoms with van der Waals surface area (Å²) in [6.45, 7) is 0. The number of halogens is 1. The van der Waals surface area contributed by atoms with E-state index < -0.39 is 5.91 Å². The summed E-state index contributed by atoms with van der Waals surface area (Å²) in [5.41, 5.74) is 4.02. The van der Waals surface area contributed by atoms with E-state index in [-0.39, 0.29) is 17.5 Å². The van der Waals surface area contributed by atoms with Crippen LogP contribution in [-0.2, 0) is 11.2 Å². The van der Waals surface area contributed by atoms with Gasteiger partial charge < -0.3 is 9.73 Å². The van der Waals surface area contributed by atoms with Gasteiger partial charge >= 0.3 is 0 Å². The van der Waals surface area contributed by atoms with Crippen LogP contribution in [0, 0.1) is 5.82 Å². The molecule has 2 amide bonds. The second kappa shape index (κ2) is 7.23. The van der Waals surface area contributed by atoms with Crippen LogP contribution >= 0.6 is 11.3 Å². The monoisotopic (exact) mass is 419 g/mol. The molecule has 4 aromatic rings. The van der Waals surface area contributed by atoms with E-state index in [1.54, 1.807) is 24.3 Å². The van der Waals surface area contributed by atoms with E-state index in [0.29, 0.717) is 28.6 Å². The van der Waals surface area contributed by atoms with Crippen LogP contribution in [0.1, 0.15) is 16.1 Å². The number of hydrogen-bond donors (Lipinski definition) is 2. The van der Waals surface area contributed by atoms with Crippen LogP contribution in [0.3, 0.4) is 0 Å². The summed E-state index contributed by atoms with van der Waals surface area (Å²) in [6.07, 6.45) is 0.353. The molecule has 1 aliphatic heterocycles. The number of nitrogens with zero attached hydrogens (tertiary/aromatic N) is 1. The summed E-state index contributed by atoms with van der Waals surface area (Å²) < 4.78 is 18.7. The molecule has 148 valence electrons. The Labute approximate surface area is 174 Å². The molecular weight excluding hydrogens is 405 g/mol. The van der Waals surface area contributed by atoms with Crippen molar-refractivity contribution in [2.24, 2.45) is 0 Å². The standard InChI is InChI=1S/C22H14FN3O3S/c23-15-4-1-12(2-5-15)18-7-8-19(29-18)21(28)26-22-25-17(11-30-22)13-3-6-16-14(9-13)10-20(27)24-16/h1-9,11H,10H2,(H,24,27)(H,25,26,28). The van der Waals surface area contributed by atoms with Crippen molar-refractivity contribution < 1.29 is 18.4 Å². The average molecular weight is 419 g/mol. The summed E-state index contributed by atoms with van der Waals surface area (Å²) in [5, 5.41) is 7.80. The Balaban J connectivity index is 1.31. The summed E-state index contributed by atoms with van der Waals surface area (Å²) in [7, 11) is 0. The van der Waals surface area contributed by atoms with Crippen molar-refractivity contribution in [1.29, 1.82) is 0 Å². The third kappa shape index (κ3) is 3.48. The minimum Gasteiger partial charge on any atom is -0.451 e. The van der Waals surface area contributed by atoms with Gasteiger partial charge in [-0.25, -0.2) is 9.37 Å². The normalized spacial score (nSPS) is 12.5. The Morgan fingerprint density at radius 2 is 1.90 bits per heavy atom. The molecule has 8 heteroatoms. The maximum absolute atomic E-state index is 13.1. The third-order valence-electron chi connectivity index (χ3n) is 4.71. The van der Waals surface area contributed by atoms with E-state index >= 15 is 0 Å². The van der Waals surface area contributed by atoms with E-state index in [1.807, 2.05) is 23.6 Å². The largest absolute Gasteiger partial charge is 0.451 e. The van der Waals surface area contributed by atoms with Gasteiger partial charge in [-0.15, -0.1) is 11.3 Å². The Morgan fingerprint density at radius 3 is 2.73 bits per heavy atom. The fraction of sp³-hybridized carbons (Fsp3) is 0.0455. The fourth-order valence-electron chi connectivity index (χ4n) is 3.24. The van der Waals surface area contributed by atoms with Gasteiger partial charge in [0.25, 0.3) is 5.91 Å². The molecule has 0 saturated carbocycles. The van der Waals surface area contributed by atoms with Crippen LogP contribution in [-0.4, -0.2) is 16.8 Å². The maximum Gasteiger partial charge on any atom is 0.293 e. The second-order valence-electron chi connectivity index (χ2n) is 6.76. The van der Waals surface area contributed by atoms with E-state index in [1.165, 1.54) is 23.5 Å². The highest BCUT2D eigenvalue weighted by molar-refractivity contribution is 7.14. The van der Waals surface area contributed by atoms with Crippen LogP contribution in [0.2, 0.25) is 0 Å². The van der Waals surface area contributed by atoms with Crippen molar-refractivity contribution in [3.63, 3.8) is 0 Å². The lowest BCUT2D eigenvalue weighted by Gasteiger charge is -2.02. The minimum atomic E-state index is -0.423. The summed E-state index contributed by atoms with van der Waals surface area (Å²) in [4.78, 5) is 28.5. The lowest BCUT2D eigenvalue weighted by molar-refractivity contribution is -0.115. The topological polar surface area (TPSA) is 84.2 Å². The zero-order chi connectivity index (χ0) is 20.7. The van der Waals surface area contributed by atoms with Crippen LogP contribution in [0.15, 0.2) is 64.4 Å². The van der Waals surface area contributed by atoms with Gasteiger partial charge in [0.2, 0.25) is 5.91 Å². The number of anilines is 2. The molecule has 30 heavy (non-hydrogen) atoms. The first kappa shape index (κ1) is 18.3. The third-order valence-corrected chi connectivity index (χ3v) is 5.47. The molecule has 6 nitrogen and oxygen atoms in total. The molecule has 3 heterocycles. The zero-order valence-corrected chi connectivity index (χ0v) is 16.3. The van der Waals surface area contributed by atoms with Gasteiger partial charge in [0.05, 0.1) is 12.1 Å². The van der Waals surface area contributed by atoms with Crippen molar-refractivity contribution in [3.05, 3.63) is 77.1 Å². The van der Waals surface area contributed by atoms with Gasteiger partial charge in [-0.2, -0.15) is 0 Å². The maximum atomic E-state index is 13.1. The number of nitrogens with one attached hydrogen (secondary N) is 2. The van der Waals surface area contributed by atoms with Gasteiger partial charge in [-0.05, 0) is 54.1 Å². The molecule has 0 saturated heterocycles. The van der Waals surface area contributed by atoms with Crippen LogP contribution in [0.5, 0.6) is 0 Å². The van der Waals surface area contributed by atoms with Crippen molar-refractivity contribution in [3.8, 4) is 22.6 Å². The Hall–Kier alpha value is -3.78. The minimum absolute atomic E-state index is 0.0214. The number of amides is 2. The highest BCUT2D eigenvalue weighted by Gasteiger charge is 2.19. The van der Waals surface area contributed by atoms with Crippen LogP contribution in [0.25, 0.3) is 22.6 Å². The van der Waals surface area contributed by atoms with Gasteiger partial charge in [0.15, 0.2) is 10.9 Å². The van der Waals surface area contributed by atoms with Gasteiger partial charge in [-0.1, -0.05) is 6.07 Å². The zero-order valence-electron chi connectivity index (χ0n) is 15.4. The molecule has 0 atom stereocenters. The van der Waals surface area contributed by atoms with Crippen LogP contribution in [0.4, 0.5) is 15.2 Å². The molecule has 5 rings (SSSR count). The van der Waals surface area contributed by atoms with E-state index in [0.717, 1.165) is 16.8 Å². The SMILES string of the molecule is O=C1Cc2cc(-c3csc(NC(=O)c4ccc(-c5ccc(F)cc5)o4)n3)ccc2N1. The molecule has 0 radical (unpaired) electrons. The van der Waals surface area contributed by atoms with E-state index in [4.69, 9.17) is 4.42 Å². The summed E-state index contributed by atoms with van der Waals surface area (Å²) >= 11 is 1.30. The number of carbonyl (C=O) groups excluding carboxylic acids is 2. The fourth-order valence-corrected chi connectivity index (χ4v) is 3.96. The Kier molecular flexibility index (Phi) is 4.40. The average Bonchev–Trinajstić information content (AvgIpc) is 3.46. The number of benzene rings is 2. The Morgan fingerprint density at radius 1 is 1.10 bits per heavy atom. The number of fused-ring (bicyclic) bond motifs is 1. The van der Waals surface area contributed by atoms with Crippen molar-refractivity contribution in [2.45, 2.75) is 6.42 Å². The quantitative estimate of drug-likeness (QED) is 0.490. The first-order valence-corrected chi connectivity index (χ1v) is 9.99. The predicted octanol–water partition coefficient (Wildman–Crippen LogP) is 4.96. The van der Waals surface area contributed by atoms with E-state index in [9.17, 15) is 14.0 Å². The first-order valence-electron chi connectivity index (χ1n) is 9.11. The van der Waals surface area contributed by atoms with Gasteiger partial charge in [0.1, 0.15) is 11.6 Å². The lowest BCUT2D eigenvalue weighted by atomic mass is 10.1. The number of rotatable bonds is 4. The highest BCUT2D eigenvalue weighted by atomic mass is 32.1. The molecule has 1 aliphatic rings. The highest BCUT2D eigenvalue weighted by Crippen LogP contribution is 2.31. The molecule has 2 N–H and O–H groups in total. The van der Waals surface area contributed by atoms with Crippen molar-refractivity contribution in [1.82, 2.24) is 4.98 Å². The second-order valence-corrected chi connectivity index (χ2v) is 7.62. The number of furan rings is 1. The van der Waals surface area contributed by atoms with Crippen molar-refractivity contribution >= 4 is 34.0 Å².